The average Bonchev–Trinajstić information content (AvgIpc) is 2.35. The van der Waals surface area contributed by atoms with Gasteiger partial charge in [0.1, 0.15) is 0 Å². The van der Waals surface area contributed by atoms with Crippen molar-refractivity contribution in [3.8, 4) is 0 Å². The maximum Gasteiger partial charge on any atom is 0.225 e. The highest BCUT2D eigenvalue weighted by Gasteiger charge is 2.39. The number of para-hydroxylation sites is 1. The third kappa shape index (κ3) is 4.04. The lowest BCUT2D eigenvalue weighted by Crippen LogP contribution is -2.61. The van der Waals surface area contributed by atoms with Gasteiger partial charge in [0.2, 0.25) is 5.91 Å². The fraction of sp³-hybridized carbons (Fsp3) is 0.533. The van der Waals surface area contributed by atoms with E-state index in [2.05, 4.69) is 17.1 Å². The third-order valence-electron chi connectivity index (χ3n) is 3.46. The first-order valence-electron chi connectivity index (χ1n) is 6.91. The summed E-state index contributed by atoms with van der Waals surface area (Å²) in [5.41, 5.74) is 0.323. The minimum atomic E-state index is -0.509. The van der Waals surface area contributed by atoms with Gasteiger partial charge in [0.15, 0.2) is 0 Å². The molecule has 0 unspecified atom stereocenters. The Bertz CT molecular complexity index is 413. The molecule has 0 bridgehead atoms. The number of aliphatic hydroxyl groups is 1. The molecule has 0 aliphatic carbocycles. The predicted octanol–water partition coefficient (Wildman–Crippen LogP) is 1.86. The van der Waals surface area contributed by atoms with Gasteiger partial charge in [-0.25, -0.2) is 0 Å². The van der Waals surface area contributed by atoms with Crippen molar-refractivity contribution in [1.82, 2.24) is 4.90 Å². The quantitative estimate of drug-likeness (QED) is 0.823. The van der Waals surface area contributed by atoms with Crippen molar-refractivity contribution in [2.24, 2.45) is 0 Å². The van der Waals surface area contributed by atoms with E-state index in [4.69, 9.17) is 0 Å². The molecule has 19 heavy (non-hydrogen) atoms. The van der Waals surface area contributed by atoms with E-state index < -0.39 is 5.60 Å². The molecule has 2 N–H and O–H groups in total. The highest BCUT2D eigenvalue weighted by molar-refractivity contribution is 5.90. The first-order chi connectivity index (χ1) is 9.11. The Balaban J connectivity index is 1.66. The molecular weight excluding hydrogens is 240 g/mol. The number of hydrogen-bond acceptors (Lipinski definition) is 3. The first kappa shape index (κ1) is 14.0. The molecule has 0 radical (unpaired) electrons. The Morgan fingerprint density at radius 2 is 2.05 bits per heavy atom. The van der Waals surface area contributed by atoms with E-state index in [1.54, 1.807) is 0 Å². The Morgan fingerprint density at radius 1 is 1.37 bits per heavy atom. The molecule has 0 aromatic heterocycles. The van der Waals surface area contributed by atoms with Crippen LogP contribution in [0.3, 0.4) is 0 Å². The molecule has 1 fully saturated rings. The topological polar surface area (TPSA) is 52.6 Å². The molecule has 1 aliphatic rings. The number of carbonyl (C=O) groups excluding carboxylic acids is 1. The number of anilines is 1. The first-order valence-corrected chi connectivity index (χ1v) is 6.91. The van der Waals surface area contributed by atoms with Crippen molar-refractivity contribution in [1.29, 1.82) is 0 Å². The molecule has 2 rings (SSSR count). The SMILES string of the molecule is CCCC1(O)CN(CCC(=O)Nc2ccccc2)C1. The number of nitrogens with zero attached hydrogens (tertiary/aromatic N) is 1. The van der Waals surface area contributed by atoms with Crippen LogP contribution in [-0.2, 0) is 4.79 Å². The molecule has 0 atom stereocenters. The number of β-amino-alcohol motifs (C(OH)–C–C–N with tert-alkyl or cyclic N) is 1. The second-order valence-electron chi connectivity index (χ2n) is 5.35. The fourth-order valence-electron chi connectivity index (χ4n) is 2.57. The van der Waals surface area contributed by atoms with Crippen LogP contribution in [0.5, 0.6) is 0 Å². The van der Waals surface area contributed by atoms with E-state index in [9.17, 15) is 9.90 Å². The van der Waals surface area contributed by atoms with Gasteiger partial charge in [-0.2, -0.15) is 0 Å². The molecule has 1 saturated heterocycles. The molecule has 0 saturated carbocycles. The lowest BCUT2D eigenvalue weighted by molar-refractivity contribution is -0.121. The van der Waals surface area contributed by atoms with Crippen LogP contribution in [0, 0.1) is 0 Å². The number of carbonyl (C=O) groups is 1. The van der Waals surface area contributed by atoms with Gasteiger partial charge >= 0.3 is 0 Å². The van der Waals surface area contributed by atoms with Crippen molar-refractivity contribution in [3.63, 3.8) is 0 Å². The minimum Gasteiger partial charge on any atom is -0.387 e. The van der Waals surface area contributed by atoms with Crippen LogP contribution in [-0.4, -0.2) is 41.1 Å². The Labute approximate surface area is 114 Å². The van der Waals surface area contributed by atoms with Crippen LogP contribution in [0.25, 0.3) is 0 Å². The molecule has 1 aliphatic heterocycles. The van der Waals surface area contributed by atoms with E-state index >= 15 is 0 Å². The number of nitrogens with one attached hydrogen (secondary N) is 1. The summed E-state index contributed by atoms with van der Waals surface area (Å²) >= 11 is 0. The minimum absolute atomic E-state index is 0.0251. The summed E-state index contributed by atoms with van der Waals surface area (Å²) in [4.78, 5) is 13.9. The van der Waals surface area contributed by atoms with Crippen LogP contribution < -0.4 is 5.32 Å². The van der Waals surface area contributed by atoms with Gasteiger partial charge in [-0.3, -0.25) is 9.69 Å². The summed E-state index contributed by atoms with van der Waals surface area (Å²) < 4.78 is 0. The standard InChI is InChI=1S/C15H22N2O2/c1-2-9-15(19)11-17(12-15)10-8-14(18)16-13-6-4-3-5-7-13/h3-7,19H,2,8-12H2,1H3,(H,16,18). The highest BCUT2D eigenvalue weighted by Crippen LogP contribution is 2.25. The molecule has 4 heteroatoms. The maximum atomic E-state index is 11.7. The van der Waals surface area contributed by atoms with E-state index in [-0.39, 0.29) is 5.91 Å². The van der Waals surface area contributed by atoms with E-state index in [1.807, 2.05) is 30.3 Å². The number of benzene rings is 1. The van der Waals surface area contributed by atoms with Gasteiger partial charge in [-0.1, -0.05) is 31.5 Å². The lowest BCUT2D eigenvalue weighted by Gasteiger charge is -2.46. The smallest absolute Gasteiger partial charge is 0.225 e. The molecule has 1 aromatic carbocycles. The van der Waals surface area contributed by atoms with E-state index in [0.717, 1.165) is 18.5 Å². The highest BCUT2D eigenvalue weighted by atomic mass is 16.3. The van der Waals surface area contributed by atoms with Crippen molar-refractivity contribution in [2.75, 3.05) is 25.0 Å². The van der Waals surface area contributed by atoms with Gasteiger partial charge < -0.3 is 10.4 Å². The van der Waals surface area contributed by atoms with Crippen molar-refractivity contribution < 1.29 is 9.90 Å². The van der Waals surface area contributed by atoms with Gasteiger partial charge in [0.05, 0.1) is 5.60 Å². The summed E-state index contributed by atoms with van der Waals surface area (Å²) in [6.07, 6.45) is 2.32. The van der Waals surface area contributed by atoms with Gasteiger partial charge in [0, 0.05) is 31.7 Å². The summed E-state index contributed by atoms with van der Waals surface area (Å²) in [7, 11) is 0. The predicted molar refractivity (Wildman–Crippen MR) is 76.0 cm³/mol. The summed E-state index contributed by atoms with van der Waals surface area (Å²) in [6.45, 7) is 4.18. The van der Waals surface area contributed by atoms with Crippen LogP contribution in [0.2, 0.25) is 0 Å². The maximum absolute atomic E-state index is 11.7. The molecule has 1 aromatic rings. The van der Waals surface area contributed by atoms with E-state index in [1.165, 1.54) is 0 Å². The monoisotopic (exact) mass is 262 g/mol. The summed E-state index contributed by atoms with van der Waals surface area (Å²) in [6, 6.07) is 9.47. The average molecular weight is 262 g/mol. The van der Waals surface area contributed by atoms with E-state index in [0.29, 0.717) is 26.1 Å². The number of rotatable bonds is 6. The molecule has 1 heterocycles. The molecule has 104 valence electrons. The van der Waals surface area contributed by atoms with Gasteiger partial charge in [0.25, 0.3) is 0 Å². The number of amides is 1. The fourth-order valence-corrected chi connectivity index (χ4v) is 2.57. The third-order valence-corrected chi connectivity index (χ3v) is 3.46. The molecule has 4 nitrogen and oxygen atoms in total. The summed E-state index contributed by atoms with van der Waals surface area (Å²) in [5.74, 6) is 0.0251. The van der Waals surface area contributed by atoms with Crippen LogP contribution in [0.15, 0.2) is 30.3 Å². The number of likely N-dealkylation sites (tertiary alicyclic amines) is 1. The molecule has 1 amide bonds. The van der Waals surface area contributed by atoms with Crippen molar-refractivity contribution in [2.45, 2.75) is 31.8 Å². The second kappa shape index (κ2) is 6.17. The second-order valence-corrected chi connectivity index (χ2v) is 5.35. The van der Waals surface area contributed by atoms with Crippen LogP contribution in [0.4, 0.5) is 5.69 Å². The Morgan fingerprint density at radius 3 is 2.68 bits per heavy atom. The Kier molecular flexibility index (Phi) is 4.56. The zero-order valence-corrected chi connectivity index (χ0v) is 11.4. The largest absolute Gasteiger partial charge is 0.387 e. The van der Waals surface area contributed by atoms with Crippen LogP contribution >= 0.6 is 0 Å². The molecular formula is C15H22N2O2. The Hall–Kier alpha value is -1.39. The normalized spacial score (nSPS) is 17.8. The zero-order chi connectivity index (χ0) is 13.7. The van der Waals surface area contributed by atoms with Gasteiger partial charge in [-0.05, 0) is 18.6 Å². The summed E-state index contributed by atoms with van der Waals surface area (Å²) in [5, 5.41) is 12.9. The molecule has 0 spiro atoms. The van der Waals surface area contributed by atoms with Crippen LogP contribution in [0.1, 0.15) is 26.2 Å². The van der Waals surface area contributed by atoms with Crippen molar-refractivity contribution >= 4 is 11.6 Å². The number of hydrogen-bond donors (Lipinski definition) is 2. The van der Waals surface area contributed by atoms with Crippen molar-refractivity contribution in [3.05, 3.63) is 30.3 Å². The lowest BCUT2D eigenvalue weighted by atomic mass is 9.89. The van der Waals surface area contributed by atoms with Gasteiger partial charge in [-0.15, -0.1) is 0 Å². The zero-order valence-electron chi connectivity index (χ0n) is 11.4.